The molecule has 162 valence electrons. The molecule has 7 nitrogen and oxygen atoms in total. The van der Waals surface area contributed by atoms with E-state index in [2.05, 4.69) is 50.2 Å². The van der Waals surface area contributed by atoms with Crippen LogP contribution in [0.5, 0.6) is 0 Å². The van der Waals surface area contributed by atoms with Crippen LogP contribution in [0.25, 0.3) is 11.0 Å². The van der Waals surface area contributed by atoms with Crippen LogP contribution in [-0.2, 0) is 16.1 Å². The number of imidazole rings is 1. The van der Waals surface area contributed by atoms with E-state index in [0.717, 1.165) is 49.5 Å². The number of nitrogens with one attached hydrogen (secondary N) is 2. The Morgan fingerprint density at radius 2 is 1.65 bits per heavy atom. The van der Waals surface area contributed by atoms with Crippen molar-refractivity contribution < 1.29 is 9.59 Å². The number of amides is 2. The molecular formula is C24H29N5O2. The van der Waals surface area contributed by atoms with E-state index in [1.165, 1.54) is 12.4 Å². The SMILES string of the molecule is CC(=O)Nc1ccc(NC(=O)CN2CCC(Cn3c(C)nc4ccccc43)CC2)cc1. The molecule has 31 heavy (non-hydrogen) atoms. The van der Waals surface area contributed by atoms with Crippen LogP contribution in [-0.4, -0.2) is 45.9 Å². The zero-order chi connectivity index (χ0) is 21.8. The molecule has 1 saturated heterocycles. The standard InChI is InChI=1S/C24H29N5O2/c1-17-25-22-5-3-4-6-23(22)29(17)15-19-11-13-28(14-12-19)16-24(31)27-21-9-7-20(8-10-21)26-18(2)30/h3-10,19H,11-16H2,1-2H3,(H,26,30)(H,27,31). The lowest BCUT2D eigenvalue weighted by Gasteiger charge is -2.31. The van der Waals surface area contributed by atoms with E-state index in [9.17, 15) is 9.59 Å². The zero-order valence-corrected chi connectivity index (χ0v) is 18.1. The number of aromatic nitrogens is 2. The first kappa shape index (κ1) is 21.1. The number of hydrogen-bond acceptors (Lipinski definition) is 4. The number of likely N-dealkylation sites (tertiary alicyclic amines) is 1. The van der Waals surface area contributed by atoms with Crippen molar-refractivity contribution in [3.05, 3.63) is 54.4 Å². The van der Waals surface area contributed by atoms with E-state index < -0.39 is 0 Å². The Kier molecular flexibility index (Phi) is 6.32. The number of carbonyl (C=O) groups is 2. The van der Waals surface area contributed by atoms with Crippen LogP contribution in [0.15, 0.2) is 48.5 Å². The van der Waals surface area contributed by atoms with Gasteiger partial charge in [0.25, 0.3) is 0 Å². The average Bonchev–Trinajstić information content (AvgIpc) is 3.06. The highest BCUT2D eigenvalue weighted by atomic mass is 16.2. The van der Waals surface area contributed by atoms with Gasteiger partial charge < -0.3 is 15.2 Å². The number of fused-ring (bicyclic) bond motifs is 1. The van der Waals surface area contributed by atoms with Crippen molar-refractivity contribution in [2.75, 3.05) is 30.3 Å². The summed E-state index contributed by atoms with van der Waals surface area (Å²) in [6.07, 6.45) is 2.15. The number of rotatable bonds is 6. The fourth-order valence-corrected chi connectivity index (χ4v) is 4.26. The summed E-state index contributed by atoms with van der Waals surface area (Å²) in [5.74, 6) is 1.53. The Bertz CT molecular complexity index is 1070. The highest BCUT2D eigenvalue weighted by Gasteiger charge is 2.22. The summed E-state index contributed by atoms with van der Waals surface area (Å²) < 4.78 is 2.33. The minimum atomic E-state index is -0.114. The van der Waals surface area contributed by atoms with Gasteiger partial charge in [-0.1, -0.05) is 12.1 Å². The van der Waals surface area contributed by atoms with Gasteiger partial charge in [-0.25, -0.2) is 4.98 Å². The smallest absolute Gasteiger partial charge is 0.238 e. The molecule has 1 aliphatic rings. The number of para-hydroxylation sites is 2. The topological polar surface area (TPSA) is 79.3 Å². The molecule has 2 N–H and O–H groups in total. The normalized spacial score (nSPS) is 15.2. The zero-order valence-electron chi connectivity index (χ0n) is 18.1. The van der Waals surface area contributed by atoms with Crippen LogP contribution in [0.1, 0.15) is 25.6 Å². The van der Waals surface area contributed by atoms with Crippen molar-refractivity contribution in [3.8, 4) is 0 Å². The first-order chi connectivity index (χ1) is 15.0. The van der Waals surface area contributed by atoms with Crippen LogP contribution in [0.4, 0.5) is 11.4 Å². The number of carbonyl (C=O) groups excluding carboxylic acids is 2. The highest BCUT2D eigenvalue weighted by Crippen LogP contribution is 2.23. The summed E-state index contributed by atoms with van der Waals surface area (Å²) in [5, 5.41) is 5.66. The van der Waals surface area contributed by atoms with Crippen molar-refractivity contribution >= 4 is 34.2 Å². The van der Waals surface area contributed by atoms with Crippen molar-refractivity contribution in [2.45, 2.75) is 33.2 Å². The lowest BCUT2D eigenvalue weighted by atomic mass is 9.96. The second-order valence-corrected chi connectivity index (χ2v) is 8.28. The summed E-state index contributed by atoms with van der Waals surface area (Å²) in [6.45, 7) is 6.76. The molecule has 0 aliphatic carbocycles. The fourth-order valence-electron chi connectivity index (χ4n) is 4.26. The third kappa shape index (κ3) is 5.30. The maximum atomic E-state index is 12.4. The molecular weight excluding hydrogens is 390 g/mol. The molecule has 7 heteroatoms. The fraction of sp³-hybridized carbons (Fsp3) is 0.375. The van der Waals surface area contributed by atoms with Crippen molar-refractivity contribution in [1.29, 1.82) is 0 Å². The maximum absolute atomic E-state index is 12.4. The van der Waals surface area contributed by atoms with Crippen LogP contribution in [0, 0.1) is 12.8 Å². The Morgan fingerprint density at radius 3 is 2.32 bits per heavy atom. The quantitative estimate of drug-likeness (QED) is 0.639. The largest absolute Gasteiger partial charge is 0.328 e. The Morgan fingerprint density at radius 1 is 1.00 bits per heavy atom. The maximum Gasteiger partial charge on any atom is 0.238 e. The number of benzene rings is 2. The molecule has 1 aliphatic heterocycles. The number of anilines is 2. The third-order valence-corrected chi connectivity index (χ3v) is 5.85. The molecule has 0 bridgehead atoms. The van der Waals surface area contributed by atoms with Crippen molar-refractivity contribution in [2.24, 2.45) is 5.92 Å². The molecule has 1 fully saturated rings. The van der Waals surface area contributed by atoms with Gasteiger partial charge in [-0.05, 0) is 75.2 Å². The Labute approximate surface area is 182 Å². The molecule has 0 atom stereocenters. The summed E-state index contributed by atoms with van der Waals surface area (Å²) >= 11 is 0. The predicted molar refractivity (Wildman–Crippen MR) is 123 cm³/mol. The van der Waals surface area contributed by atoms with Gasteiger partial charge in [-0.2, -0.15) is 0 Å². The molecule has 1 aromatic heterocycles. The lowest BCUT2D eigenvalue weighted by molar-refractivity contribution is -0.117. The number of nitrogens with zero attached hydrogens (tertiary/aromatic N) is 3. The Hall–Kier alpha value is -3.19. The van der Waals surface area contributed by atoms with Crippen LogP contribution in [0.3, 0.4) is 0 Å². The summed E-state index contributed by atoms with van der Waals surface area (Å²) in [6, 6.07) is 15.5. The van der Waals surface area contributed by atoms with Gasteiger partial charge in [-0.3, -0.25) is 14.5 Å². The second-order valence-electron chi connectivity index (χ2n) is 8.28. The van der Waals surface area contributed by atoms with E-state index in [0.29, 0.717) is 18.2 Å². The highest BCUT2D eigenvalue weighted by molar-refractivity contribution is 5.93. The summed E-state index contributed by atoms with van der Waals surface area (Å²) in [7, 11) is 0. The van der Waals surface area contributed by atoms with Gasteiger partial charge in [-0.15, -0.1) is 0 Å². The number of piperidine rings is 1. The van der Waals surface area contributed by atoms with E-state index in [4.69, 9.17) is 0 Å². The molecule has 0 radical (unpaired) electrons. The molecule has 0 unspecified atom stereocenters. The van der Waals surface area contributed by atoms with E-state index >= 15 is 0 Å². The average molecular weight is 420 g/mol. The van der Waals surface area contributed by atoms with Gasteiger partial charge in [0.1, 0.15) is 5.82 Å². The van der Waals surface area contributed by atoms with E-state index in [1.54, 1.807) is 24.3 Å². The minimum absolute atomic E-state index is 0.0119. The van der Waals surface area contributed by atoms with Gasteiger partial charge >= 0.3 is 0 Å². The van der Waals surface area contributed by atoms with Crippen LogP contribution >= 0.6 is 0 Å². The number of hydrogen-bond donors (Lipinski definition) is 2. The molecule has 2 aromatic carbocycles. The molecule has 2 heterocycles. The summed E-state index contributed by atoms with van der Waals surface area (Å²) in [5.41, 5.74) is 3.70. The lowest BCUT2D eigenvalue weighted by Crippen LogP contribution is -2.40. The van der Waals surface area contributed by atoms with E-state index in [-0.39, 0.29) is 11.8 Å². The monoisotopic (exact) mass is 419 g/mol. The van der Waals surface area contributed by atoms with Gasteiger partial charge in [0.05, 0.1) is 17.6 Å². The second kappa shape index (κ2) is 9.31. The van der Waals surface area contributed by atoms with Crippen LogP contribution < -0.4 is 10.6 Å². The van der Waals surface area contributed by atoms with Gasteiger partial charge in [0.2, 0.25) is 11.8 Å². The molecule has 0 saturated carbocycles. The summed E-state index contributed by atoms with van der Waals surface area (Å²) in [4.78, 5) is 30.4. The van der Waals surface area contributed by atoms with Crippen molar-refractivity contribution in [1.82, 2.24) is 14.5 Å². The van der Waals surface area contributed by atoms with Gasteiger partial charge in [0.15, 0.2) is 0 Å². The van der Waals surface area contributed by atoms with E-state index in [1.807, 2.05) is 6.07 Å². The molecule has 4 rings (SSSR count). The molecule has 2 amide bonds. The molecule has 0 spiro atoms. The first-order valence-electron chi connectivity index (χ1n) is 10.8. The van der Waals surface area contributed by atoms with Crippen LogP contribution in [0.2, 0.25) is 0 Å². The van der Waals surface area contributed by atoms with Crippen molar-refractivity contribution in [3.63, 3.8) is 0 Å². The first-order valence-corrected chi connectivity index (χ1v) is 10.8. The third-order valence-electron chi connectivity index (χ3n) is 5.85. The Balaban J connectivity index is 1.25. The predicted octanol–water partition coefficient (Wildman–Crippen LogP) is 3.65. The number of aryl methyl sites for hydroxylation is 1. The van der Waals surface area contributed by atoms with Gasteiger partial charge in [0, 0.05) is 24.8 Å². The minimum Gasteiger partial charge on any atom is -0.328 e. The molecule has 3 aromatic rings.